The number of carbonyl (C=O) groups is 1. The van der Waals surface area contributed by atoms with Crippen LogP contribution in [0.25, 0.3) is 11.1 Å². The van der Waals surface area contributed by atoms with Crippen LogP contribution in [0.2, 0.25) is 0 Å². The third-order valence-corrected chi connectivity index (χ3v) is 5.34. The van der Waals surface area contributed by atoms with E-state index < -0.39 is 0 Å². The number of aromatic nitrogens is 3. The first-order valence-corrected chi connectivity index (χ1v) is 10.2. The second-order valence-corrected chi connectivity index (χ2v) is 7.81. The van der Waals surface area contributed by atoms with E-state index in [1.165, 1.54) is 6.33 Å². The molecule has 2 aromatic rings. The maximum absolute atomic E-state index is 12.4. The minimum Gasteiger partial charge on any atom is -0.384 e. The summed E-state index contributed by atoms with van der Waals surface area (Å²) in [7, 11) is 1.60. The van der Waals surface area contributed by atoms with Crippen LogP contribution < -0.4 is 4.90 Å². The van der Waals surface area contributed by atoms with Gasteiger partial charge in [-0.15, -0.1) is 0 Å². The zero-order valence-electron chi connectivity index (χ0n) is 18.0. The Morgan fingerprint density at radius 2 is 2.07 bits per heavy atom. The highest BCUT2D eigenvalue weighted by Crippen LogP contribution is 2.32. The Morgan fingerprint density at radius 3 is 2.67 bits per heavy atom. The van der Waals surface area contributed by atoms with Gasteiger partial charge >= 0.3 is 0 Å². The van der Waals surface area contributed by atoms with Crippen molar-refractivity contribution in [1.29, 1.82) is 5.26 Å². The quantitative estimate of drug-likeness (QED) is 0.725. The summed E-state index contributed by atoms with van der Waals surface area (Å²) in [4.78, 5) is 29.6. The summed E-state index contributed by atoms with van der Waals surface area (Å²) in [5.41, 5.74) is 3.15. The summed E-state index contributed by atoms with van der Waals surface area (Å²) in [6.45, 7) is 8.49. The second kappa shape index (κ2) is 9.63. The molecule has 158 valence electrons. The van der Waals surface area contributed by atoms with Crippen molar-refractivity contribution in [2.45, 2.75) is 39.2 Å². The first kappa shape index (κ1) is 21.7. The molecule has 3 rings (SSSR count). The lowest BCUT2D eigenvalue weighted by Gasteiger charge is -2.41. The number of hydrogen-bond acceptors (Lipinski definition) is 7. The Kier molecular flexibility index (Phi) is 6.95. The van der Waals surface area contributed by atoms with Crippen molar-refractivity contribution in [2.75, 3.05) is 38.3 Å². The molecule has 0 aliphatic carbocycles. The van der Waals surface area contributed by atoms with Crippen LogP contribution in [0.15, 0.2) is 24.8 Å². The molecule has 1 atom stereocenters. The fraction of sp³-hybridized carbons (Fsp3) is 0.500. The van der Waals surface area contributed by atoms with Gasteiger partial charge in [-0.05, 0) is 18.9 Å². The molecule has 30 heavy (non-hydrogen) atoms. The maximum atomic E-state index is 12.4. The summed E-state index contributed by atoms with van der Waals surface area (Å²) in [6.07, 6.45) is 5.35. The molecule has 0 radical (unpaired) electrons. The highest BCUT2D eigenvalue weighted by molar-refractivity contribution is 5.77. The lowest BCUT2D eigenvalue weighted by atomic mass is 9.97. The molecule has 2 aromatic heterocycles. The molecule has 1 aliphatic rings. The van der Waals surface area contributed by atoms with E-state index in [1.54, 1.807) is 19.5 Å². The van der Waals surface area contributed by atoms with Gasteiger partial charge in [-0.3, -0.25) is 4.79 Å². The van der Waals surface area contributed by atoms with Crippen molar-refractivity contribution in [3.8, 4) is 17.2 Å². The number of ether oxygens (including phenoxy) is 1. The molecule has 1 amide bonds. The minimum atomic E-state index is 0.0288. The van der Waals surface area contributed by atoms with E-state index in [-0.39, 0.29) is 17.9 Å². The molecular formula is C22H28N6O2. The van der Waals surface area contributed by atoms with Crippen molar-refractivity contribution in [3.63, 3.8) is 0 Å². The van der Waals surface area contributed by atoms with E-state index in [4.69, 9.17) is 9.72 Å². The molecule has 1 saturated heterocycles. The summed E-state index contributed by atoms with van der Waals surface area (Å²) < 4.78 is 5.03. The average Bonchev–Trinajstić information content (AvgIpc) is 2.76. The molecule has 0 N–H and O–H groups in total. The molecule has 1 aliphatic heterocycles. The molecule has 1 unspecified atom stereocenters. The third kappa shape index (κ3) is 4.57. The maximum Gasteiger partial charge on any atom is 0.225 e. The zero-order valence-corrected chi connectivity index (χ0v) is 18.0. The number of carbonyl (C=O) groups excluding carboxylic acids is 1. The van der Waals surface area contributed by atoms with Gasteiger partial charge in [0.1, 0.15) is 18.2 Å². The lowest BCUT2D eigenvalue weighted by molar-refractivity contribution is -0.134. The Morgan fingerprint density at radius 1 is 1.33 bits per heavy atom. The monoisotopic (exact) mass is 408 g/mol. The fourth-order valence-corrected chi connectivity index (χ4v) is 3.80. The van der Waals surface area contributed by atoms with Crippen LogP contribution in [-0.4, -0.2) is 65.2 Å². The molecule has 3 heterocycles. The number of nitriles is 1. The van der Waals surface area contributed by atoms with Crippen LogP contribution in [0.3, 0.4) is 0 Å². The minimum absolute atomic E-state index is 0.0288. The number of piperazine rings is 1. The summed E-state index contributed by atoms with van der Waals surface area (Å²) in [6, 6.07) is 4.22. The summed E-state index contributed by atoms with van der Waals surface area (Å²) in [5.74, 6) is 0.943. The Bertz CT molecular complexity index is 925. The number of rotatable bonds is 6. The van der Waals surface area contributed by atoms with Crippen LogP contribution >= 0.6 is 0 Å². The average molecular weight is 409 g/mol. The molecule has 0 bridgehead atoms. The predicted molar refractivity (Wildman–Crippen MR) is 114 cm³/mol. The normalized spacial score (nSPS) is 16.6. The van der Waals surface area contributed by atoms with E-state index in [2.05, 4.69) is 34.8 Å². The van der Waals surface area contributed by atoms with Gasteiger partial charge < -0.3 is 14.5 Å². The first-order valence-electron chi connectivity index (χ1n) is 10.2. The van der Waals surface area contributed by atoms with Gasteiger partial charge in [0, 0.05) is 56.3 Å². The van der Waals surface area contributed by atoms with Crippen molar-refractivity contribution in [2.24, 2.45) is 0 Å². The third-order valence-electron chi connectivity index (χ3n) is 5.34. The van der Waals surface area contributed by atoms with Gasteiger partial charge in [-0.1, -0.05) is 13.8 Å². The van der Waals surface area contributed by atoms with Crippen LogP contribution in [-0.2, 0) is 9.53 Å². The predicted octanol–water partition coefficient (Wildman–Crippen LogP) is 2.61. The zero-order chi connectivity index (χ0) is 21.7. The largest absolute Gasteiger partial charge is 0.384 e. The molecule has 0 spiro atoms. The number of anilines is 1. The van der Waals surface area contributed by atoms with Crippen LogP contribution in [0, 0.1) is 11.3 Å². The van der Waals surface area contributed by atoms with Crippen LogP contribution in [0.1, 0.15) is 44.4 Å². The highest BCUT2D eigenvalue weighted by atomic mass is 16.5. The van der Waals surface area contributed by atoms with E-state index in [0.717, 1.165) is 16.8 Å². The molecule has 0 aromatic carbocycles. The van der Waals surface area contributed by atoms with Crippen LogP contribution in [0.4, 0.5) is 5.82 Å². The molecule has 0 saturated carbocycles. The smallest absolute Gasteiger partial charge is 0.225 e. The molecule has 8 heteroatoms. The number of nitrogens with zero attached hydrogens (tertiary/aromatic N) is 6. The molecule has 1 fully saturated rings. The SMILES string of the molecule is COCCC(=O)N1CCN(c2nc(C(C)C)c(-c3cncnc3)cc2C#N)CC1C. The number of hydrogen-bond donors (Lipinski definition) is 0. The summed E-state index contributed by atoms with van der Waals surface area (Å²) >= 11 is 0. The van der Waals surface area contributed by atoms with Gasteiger partial charge in [-0.25, -0.2) is 15.0 Å². The van der Waals surface area contributed by atoms with Gasteiger partial charge in [-0.2, -0.15) is 5.26 Å². The van der Waals surface area contributed by atoms with Crippen molar-refractivity contribution in [1.82, 2.24) is 19.9 Å². The Labute approximate surface area is 177 Å². The summed E-state index contributed by atoms with van der Waals surface area (Å²) in [5, 5.41) is 9.83. The van der Waals surface area contributed by atoms with Crippen molar-refractivity contribution < 1.29 is 9.53 Å². The van der Waals surface area contributed by atoms with Gasteiger partial charge in [0.15, 0.2) is 0 Å². The van der Waals surface area contributed by atoms with E-state index in [0.29, 0.717) is 44.0 Å². The lowest BCUT2D eigenvalue weighted by Crippen LogP contribution is -2.54. The van der Waals surface area contributed by atoms with Gasteiger partial charge in [0.05, 0.1) is 24.3 Å². The number of amides is 1. The second-order valence-electron chi connectivity index (χ2n) is 7.81. The molecular weight excluding hydrogens is 380 g/mol. The number of pyridine rings is 1. The van der Waals surface area contributed by atoms with E-state index in [9.17, 15) is 10.1 Å². The van der Waals surface area contributed by atoms with Gasteiger partial charge in [0.25, 0.3) is 0 Å². The topological polar surface area (TPSA) is 95.2 Å². The van der Waals surface area contributed by atoms with Crippen LogP contribution in [0.5, 0.6) is 0 Å². The van der Waals surface area contributed by atoms with Gasteiger partial charge in [0.2, 0.25) is 5.91 Å². The highest BCUT2D eigenvalue weighted by Gasteiger charge is 2.29. The Balaban J connectivity index is 1.91. The Hall–Kier alpha value is -3.05. The van der Waals surface area contributed by atoms with Crippen molar-refractivity contribution in [3.05, 3.63) is 36.0 Å². The first-order chi connectivity index (χ1) is 14.5. The molecule has 8 nitrogen and oxygen atoms in total. The van der Waals surface area contributed by atoms with E-state index in [1.807, 2.05) is 17.9 Å². The van der Waals surface area contributed by atoms with E-state index >= 15 is 0 Å². The fourth-order valence-electron chi connectivity index (χ4n) is 3.80. The van der Waals surface area contributed by atoms with Crippen molar-refractivity contribution >= 4 is 11.7 Å². The number of methoxy groups -OCH3 is 1. The standard InChI is InChI=1S/C22H28N6O2/c1-15(2)21-19(18-11-24-14-25-12-18)9-17(10-23)22(26-21)27-6-7-28(16(3)13-27)20(29)5-8-30-4/h9,11-12,14-16H,5-8,13H2,1-4H3.